The summed E-state index contributed by atoms with van der Waals surface area (Å²) in [6.45, 7) is 1.53. The SMILES string of the molecule is CC(O)(c1ccccc1OC(F)(F)F)C1CC1. The van der Waals surface area contributed by atoms with Gasteiger partial charge in [-0.15, -0.1) is 13.2 Å². The van der Waals surface area contributed by atoms with E-state index in [1.807, 2.05) is 0 Å². The van der Waals surface area contributed by atoms with E-state index in [9.17, 15) is 18.3 Å². The van der Waals surface area contributed by atoms with E-state index in [-0.39, 0.29) is 17.2 Å². The molecule has 1 fully saturated rings. The lowest BCUT2D eigenvalue weighted by atomic mass is 9.90. The van der Waals surface area contributed by atoms with Crippen molar-refractivity contribution in [1.82, 2.24) is 0 Å². The van der Waals surface area contributed by atoms with Gasteiger partial charge in [0.15, 0.2) is 0 Å². The maximum Gasteiger partial charge on any atom is 0.573 e. The second-order valence-corrected chi connectivity index (χ2v) is 4.47. The van der Waals surface area contributed by atoms with Gasteiger partial charge in [-0.25, -0.2) is 0 Å². The maximum absolute atomic E-state index is 12.2. The van der Waals surface area contributed by atoms with Gasteiger partial charge < -0.3 is 9.84 Å². The molecule has 0 radical (unpaired) electrons. The van der Waals surface area contributed by atoms with Gasteiger partial charge in [-0.2, -0.15) is 0 Å². The second-order valence-electron chi connectivity index (χ2n) is 4.47. The Bertz CT molecular complexity index is 408. The van der Waals surface area contributed by atoms with Crippen molar-refractivity contribution in [2.45, 2.75) is 31.7 Å². The number of halogens is 3. The number of hydrogen-bond acceptors (Lipinski definition) is 2. The minimum Gasteiger partial charge on any atom is -0.405 e. The van der Waals surface area contributed by atoms with Crippen LogP contribution in [-0.2, 0) is 5.60 Å². The molecule has 1 aliphatic rings. The smallest absolute Gasteiger partial charge is 0.405 e. The van der Waals surface area contributed by atoms with E-state index in [2.05, 4.69) is 4.74 Å². The zero-order chi connectivity index (χ0) is 12.7. The molecule has 0 spiro atoms. The number of ether oxygens (including phenoxy) is 1. The second kappa shape index (κ2) is 3.91. The fraction of sp³-hybridized carbons (Fsp3) is 0.500. The summed E-state index contributed by atoms with van der Waals surface area (Å²) in [6.07, 6.45) is -3.09. The summed E-state index contributed by atoms with van der Waals surface area (Å²) < 4.78 is 40.6. The van der Waals surface area contributed by atoms with Crippen LogP contribution in [0.4, 0.5) is 13.2 Å². The molecule has 1 aromatic carbocycles. The molecular weight excluding hydrogens is 233 g/mol. The van der Waals surface area contributed by atoms with Crippen molar-refractivity contribution in [3.63, 3.8) is 0 Å². The lowest BCUT2D eigenvalue weighted by molar-refractivity contribution is -0.275. The Hall–Kier alpha value is -1.23. The lowest BCUT2D eigenvalue weighted by Gasteiger charge is -2.26. The first kappa shape index (κ1) is 12.2. The van der Waals surface area contributed by atoms with Crippen LogP contribution in [0.25, 0.3) is 0 Å². The summed E-state index contributed by atoms with van der Waals surface area (Å²) in [6, 6.07) is 5.74. The highest BCUT2D eigenvalue weighted by atomic mass is 19.4. The van der Waals surface area contributed by atoms with Crippen LogP contribution in [0.1, 0.15) is 25.3 Å². The van der Waals surface area contributed by atoms with Gasteiger partial charge in [-0.05, 0) is 31.7 Å². The molecule has 0 aliphatic heterocycles. The molecule has 1 N–H and O–H groups in total. The third-order valence-electron chi connectivity index (χ3n) is 3.03. The van der Waals surface area contributed by atoms with E-state index in [0.717, 1.165) is 12.8 Å². The number of benzene rings is 1. The molecule has 0 heterocycles. The Morgan fingerprint density at radius 2 is 1.82 bits per heavy atom. The van der Waals surface area contributed by atoms with Crippen molar-refractivity contribution >= 4 is 0 Å². The van der Waals surface area contributed by atoms with E-state index < -0.39 is 12.0 Å². The van der Waals surface area contributed by atoms with Crippen molar-refractivity contribution in [2.75, 3.05) is 0 Å². The fourth-order valence-corrected chi connectivity index (χ4v) is 1.96. The van der Waals surface area contributed by atoms with E-state index >= 15 is 0 Å². The molecule has 0 saturated heterocycles. The molecule has 17 heavy (non-hydrogen) atoms. The van der Waals surface area contributed by atoms with Crippen molar-refractivity contribution in [2.24, 2.45) is 5.92 Å². The summed E-state index contributed by atoms with van der Waals surface area (Å²) >= 11 is 0. The van der Waals surface area contributed by atoms with Crippen LogP contribution in [0.15, 0.2) is 24.3 Å². The van der Waals surface area contributed by atoms with E-state index in [1.54, 1.807) is 6.07 Å². The van der Waals surface area contributed by atoms with E-state index in [0.29, 0.717) is 0 Å². The summed E-state index contributed by atoms with van der Waals surface area (Å²) in [5.41, 5.74) is -1.07. The van der Waals surface area contributed by atoms with Crippen molar-refractivity contribution < 1.29 is 23.0 Å². The number of rotatable bonds is 3. The van der Waals surface area contributed by atoms with Gasteiger partial charge in [0.25, 0.3) is 0 Å². The summed E-state index contributed by atoms with van der Waals surface area (Å²) in [7, 11) is 0. The molecular formula is C12H13F3O2. The minimum atomic E-state index is -4.74. The van der Waals surface area contributed by atoms with Crippen LogP contribution in [0.3, 0.4) is 0 Å². The summed E-state index contributed by atoms with van der Waals surface area (Å²) in [4.78, 5) is 0. The normalized spacial score (nSPS) is 19.8. The Morgan fingerprint density at radius 1 is 1.24 bits per heavy atom. The van der Waals surface area contributed by atoms with Gasteiger partial charge in [0, 0.05) is 5.56 Å². The van der Waals surface area contributed by atoms with Gasteiger partial charge >= 0.3 is 6.36 Å². The quantitative estimate of drug-likeness (QED) is 0.887. The molecule has 1 saturated carbocycles. The Morgan fingerprint density at radius 3 is 2.35 bits per heavy atom. The van der Waals surface area contributed by atoms with Gasteiger partial charge in [-0.3, -0.25) is 0 Å². The van der Waals surface area contributed by atoms with Gasteiger partial charge in [-0.1, -0.05) is 18.2 Å². The van der Waals surface area contributed by atoms with Gasteiger partial charge in [0.1, 0.15) is 5.75 Å². The van der Waals surface area contributed by atoms with Crippen LogP contribution in [0, 0.1) is 5.92 Å². The highest BCUT2D eigenvalue weighted by molar-refractivity contribution is 5.38. The molecule has 5 heteroatoms. The first-order valence-electron chi connectivity index (χ1n) is 5.38. The summed E-state index contributed by atoms with van der Waals surface area (Å²) in [5, 5.41) is 10.3. The molecule has 2 rings (SSSR count). The predicted octanol–water partition coefficient (Wildman–Crippen LogP) is 3.20. The molecule has 2 nitrogen and oxygen atoms in total. The topological polar surface area (TPSA) is 29.5 Å². The molecule has 0 aromatic heterocycles. The lowest BCUT2D eigenvalue weighted by Crippen LogP contribution is -2.27. The Balaban J connectivity index is 2.33. The minimum absolute atomic E-state index is 0.0143. The van der Waals surface area contributed by atoms with E-state index in [1.165, 1.54) is 25.1 Å². The monoisotopic (exact) mass is 246 g/mol. The molecule has 1 unspecified atom stereocenters. The average molecular weight is 246 g/mol. The molecule has 0 bridgehead atoms. The third kappa shape index (κ3) is 2.72. The molecule has 0 amide bonds. The van der Waals surface area contributed by atoms with Gasteiger partial charge in [0.2, 0.25) is 0 Å². The fourth-order valence-electron chi connectivity index (χ4n) is 1.96. The van der Waals surface area contributed by atoms with Crippen molar-refractivity contribution in [3.8, 4) is 5.75 Å². The van der Waals surface area contributed by atoms with E-state index in [4.69, 9.17) is 0 Å². The highest BCUT2D eigenvalue weighted by Crippen LogP contribution is 2.48. The summed E-state index contributed by atoms with van der Waals surface area (Å²) in [5.74, 6) is -0.308. The maximum atomic E-state index is 12.2. The Kier molecular flexibility index (Phi) is 2.81. The number of para-hydroxylation sites is 1. The van der Waals surface area contributed by atoms with Crippen LogP contribution in [-0.4, -0.2) is 11.5 Å². The van der Waals surface area contributed by atoms with Crippen LogP contribution >= 0.6 is 0 Å². The average Bonchev–Trinajstić information content (AvgIpc) is 2.98. The number of aliphatic hydroxyl groups is 1. The van der Waals surface area contributed by atoms with Crippen molar-refractivity contribution in [1.29, 1.82) is 0 Å². The first-order chi connectivity index (χ1) is 7.81. The van der Waals surface area contributed by atoms with Crippen LogP contribution in [0.2, 0.25) is 0 Å². The number of alkyl halides is 3. The largest absolute Gasteiger partial charge is 0.573 e. The number of hydrogen-bond donors (Lipinski definition) is 1. The predicted molar refractivity (Wildman–Crippen MR) is 55.4 cm³/mol. The molecule has 1 aromatic rings. The van der Waals surface area contributed by atoms with Crippen LogP contribution in [0.5, 0.6) is 5.75 Å². The zero-order valence-electron chi connectivity index (χ0n) is 9.29. The molecule has 94 valence electrons. The standard InChI is InChI=1S/C12H13F3O2/c1-11(16,8-6-7-8)9-4-2-3-5-10(9)17-12(13,14)15/h2-5,8,16H,6-7H2,1H3. The molecule has 1 atom stereocenters. The Labute approximate surface area is 97.0 Å². The molecule has 1 aliphatic carbocycles. The third-order valence-corrected chi connectivity index (χ3v) is 3.03. The zero-order valence-corrected chi connectivity index (χ0v) is 9.29. The van der Waals surface area contributed by atoms with Gasteiger partial charge in [0.05, 0.1) is 5.60 Å². The highest BCUT2D eigenvalue weighted by Gasteiger charge is 2.44. The van der Waals surface area contributed by atoms with Crippen molar-refractivity contribution in [3.05, 3.63) is 29.8 Å². The first-order valence-corrected chi connectivity index (χ1v) is 5.38. The van der Waals surface area contributed by atoms with Crippen LogP contribution < -0.4 is 4.74 Å².